The zero-order chi connectivity index (χ0) is 37.2. The Morgan fingerprint density at radius 2 is 1.00 bits per heavy atom. The molecule has 0 radical (unpaired) electrons. The van der Waals surface area contributed by atoms with Crippen LogP contribution in [0.2, 0.25) is 0 Å². The van der Waals surface area contributed by atoms with Crippen LogP contribution in [-0.4, -0.2) is 15.8 Å². The number of nitrogens with zero attached hydrogens (tertiary/aromatic N) is 2. The molecule has 2 aliphatic rings. The van der Waals surface area contributed by atoms with Crippen LogP contribution in [0.1, 0.15) is 0 Å². The van der Waals surface area contributed by atoms with E-state index in [1.165, 1.54) is 27.1 Å². The van der Waals surface area contributed by atoms with Crippen molar-refractivity contribution < 1.29 is 9.47 Å². The minimum absolute atomic E-state index is 0.135. The quantitative estimate of drug-likeness (QED) is 0.170. The Morgan fingerprint density at radius 3 is 1.79 bits per heavy atom. The average Bonchev–Trinajstić information content (AvgIpc) is 3.79. The van der Waals surface area contributed by atoms with E-state index in [4.69, 9.17) is 9.47 Å². The van der Waals surface area contributed by atoms with Crippen LogP contribution in [0, 0.1) is 0 Å². The van der Waals surface area contributed by atoms with Gasteiger partial charge in [0.15, 0.2) is 0 Å². The van der Waals surface area contributed by atoms with Gasteiger partial charge in [0, 0.05) is 44.6 Å². The Kier molecular flexibility index (Phi) is 6.22. The maximum Gasteiger partial charge on any atom is 0.260 e. The Labute approximate surface area is 328 Å². The minimum Gasteiger partial charge on any atom is -0.458 e. The summed E-state index contributed by atoms with van der Waals surface area (Å²) in [5.74, 6) is 3.44. The highest BCUT2D eigenvalue weighted by molar-refractivity contribution is 6.98. The number of hydrogen-bond acceptors (Lipinski definition) is 2. The molecule has 0 N–H and O–H groups in total. The van der Waals surface area contributed by atoms with Gasteiger partial charge in [-0.15, -0.1) is 0 Å². The maximum atomic E-state index is 7.29. The Balaban J connectivity index is 1.14. The van der Waals surface area contributed by atoms with E-state index in [2.05, 4.69) is 197 Å². The van der Waals surface area contributed by atoms with Gasteiger partial charge in [0.1, 0.15) is 23.0 Å². The zero-order valence-electron chi connectivity index (χ0n) is 30.7. The summed E-state index contributed by atoms with van der Waals surface area (Å²) in [4.78, 5) is 0. The van der Waals surface area contributed by atoms with Gasteiger partial charge in [-0.3, -0.25) is 0 Å². The Bertz CT molecular complexity index is 3470. The standard InChI is InChI=1S/C52H31BN2O2/c1-3-16-33(17-4-1)54-44-25-12-10-22-39(44)49-45(54)28-27-41-52(49)56-47-29-26-38(36-23-13-15-32-14-7-8-20-35(32)36)51-50(47)53(41)42-30-40-37-21-9-11-24-43(37)55(34-18-5-2-6-19-34)46(40)31-48(42)57-51/h1-31H. The van der Waals surface area contributed by atoms with Crippen molar-refractivity contribution in [2.24, 2.45) is 0 Å². The second-order valence-corrected chi connectivity index (χ2v) is 15.2. The van der Waals surface area contributed by atoms with Crippen molar-refractivity contribution in [2.75, 3.05) is 0 Å². The largest absolute Gasteiger partial charge is 0.458 e. The van der Waals surface area contributed by atoms with E-state index in [-0.39, 0.29) is 6.71 Å². The van der Waals surface area contributed by atoms with E-state index in [9.17, 15) is 0 Å². The number of hydrogen-bond donors (Lipinski definition) is 0. The van der Waals surface area contributed by atoms with Crippen molar-refractivity contribution in [3.8, 4) is 45.5 Å². The first kappa shape index (κ1) is 30.8. The Morgan fingerprint density at radius 1 is 0.368 bits per heavy atom. The fourth-order valence-corrected chi connectivity index (χ4v) is 9.84. The van der Waals surface area contributed by atoms with E-state index in [0.717, 1.165) is 89.2 Å². The van der Waals surface area contributed by atoms with Gasteiger partial charge in [-0.25, -0.2) is 0 Å². The fourth-order valence-electron chi connectivity index (χ4n) is 9.84. The monoisotopic (exact) mass is 726 g/mol. The third kappa shape index (κ3) is 4.23. The molecule has 0 saturated heterocycles. The predicted molar refractivity (Wildman–Crippen MR) is 236 cm³/mol. The van der Waals surface area contributed by atoms with Crippen molar-refractivity contribution in [1.29, 1.82) is 0 Å². The number of fused-ring (bicyclic) bond motifs is 12. The second kappa shape index (κ2) is 11.5. The molecule has 0 bridgehead atoms. The van der Waals surface area contributed by atoms with Gasteiger partial charge in [0.2, 0.25) is 0 Å². The minimum atomic E-state index is -0.135. The molecular weight excluding hydrogens is 695 g/mol. The fraction of sp³-hybridized carbons (Fsp3) is 0. The number of aromatic nitrogens is 2. The molecule has 4 heterocycles. The average molecular weight is 727 g/mol. The molecule has 4 nitrogen and oxygen atoms in total. The summed E-state index contributed by atoms with van der Waals surface area (Å²) in [7, 11) is 0. The molecule has 9 aromatic carbocycles. The SMILES string of the molecule is c1ccc(-n2c3ccccc3c3cc4c(cc32)Oc2c(-c3cccc5ccccc35)ccc3c2B4c2ccc4c(c2O3)c2ccccc2n4-c2ccccc2)cc1. The van der Waals surface area contributed by atoms with E-state index in [1.807, 2.05) is 0 Å². The summed E-state index contributed by atoms with van der Waals surface area (Å²) in [5.41, 5.74) is 12.3. The molecule has 264 valence electrons. The highest BCUT2D eigenvalue weighted by atomic mass is 16.5. The van der Waals surface area contributed by atoms with Crippen LogP contribution in [0.4, 0.5) is 0 Å². The highest BCUT2D eigenvalue weighted by Gasteiger charge is 2.43. The van der Waals surface area contributed by atoms with Crippen molar-refractivity contribution in [1.82, 2.24) is 9.13 Å². The van der Waals surface area contributed by atoms with Gasteiger partial charge in [0.25, 0.3) is 6.71 Å². The van der Waals surface area contributed by atoms with E-state index in [1.54, 1.807) is 0 Å². The Hall–Kier alpha value is -7.50. The molecule has 5 heteroatoms. The maximum absolute atomic E-state index is 7.29. The van der Waals surface area contributed by atoms with Gasteiger partial charge < -0.3 is 18.6 Å². The molecule has 0 aliphatic carbocycles. The first-order valence-electron chi connectivity index (χ1n) is 19.5. The van der Waals surface area contributed by atoms with E-state index in [0.29, 0.717) is 0 Å². The lowest BCUT2D eigenvalue weighted by atomic mass is 9.34. The molecule has 57 heavy (non-hydrogen) atoms. The molecular formula is C52H31BN2O2. The third-order valence-electron chi connectivity index (χ3n) is 12.2. The molecule has 0 unspecified atom stereocenters. The predicted octanol–water partition coefficient (Wildman–Crippen LogP) is 11.4. The first-order valence-corrected chi connectivity index (χ1v) is 19.5. The summed E-state index contributed by atoms with van der Waals surface area (Å²) in [6, 6.07) is 67.4. The topological polar surface area (TPSA) is 28.3 Å². The number of benzene rings is 9. The van der Waals surface area contributed by atoms with E-state index >= 15 is 0 Å². The summed E-state index contributed by atoms with van der Waals surface area (Å²) >= 11 is 0. The lowest BCUT2D eigenvalue weighted by Gasteiger charge is -2.34. The van der Waals surface area contributed by atoms with Crippen LogP contribution in [0.25, 0.3) is 76.9 Å². The smallest absolute Gasteiger partial charge is 0.260 e. The second-order valence-electron chi connectivity index (χ2n) is 15.2. The van der Waals surface area contributed by atoms with Crippen LogP contribution < -0.4 is 25.9 Å². The van der Waals surface area contributed by atoms with Gasteiger partial charge in [0.05, 0.1) is 27.5 Å². The molecule has 0 fully saturated rings. The molecule has 0 spiro atoms. The molecule has 2 aromatic heterocycles. The lowest BCUT2D eigenvalue weighted by Crippen LogP contribution is -2.57. The third-order valence-corrected chi connectivity index (χ3v) is 12.2. The molecule has 0 atom stereocenters. The molecule has 13 rings (SSSR count). The van der Waals surface area contributed by atoms with Gasteiger partial charge in [-0.1, -0.05) is 127 Å². The van der Waals surface area contributed by atoms with Crippen molar-refractivity contribution in [3.63, 3.8) is 0 Å². The summed E-state index contributed by atoms with van der Waals surface area (Å²) in [5, 5.41) is 7.07. The van der Waals surface area contributed by atoms with Gasteiger partial charge in [-0.2, -0.15) is 0 Å². The highest BCUT2D eigenvalue weighted by Crippen LogP contribution is 2.47. The first-order chi connectivity index (χ1) is 28.3. The van der Waals surface area contributed by atoms with E-state index < -0.39 is 0 Å². The lowest BCUT2D eigenvalue weighted by molar-refractivity contribution is 0.469. The summed E-state index contributed by atoms with van der Waals surface area (Å²) in [6.07, 6.45) is 0. The van der Waals surface area contributed by atoms with Crippen LogP contribution in [0.15, 0.2) is 188 Å². The number of rotatable bonds is 3. The van der Waals surface area contributed by atoms with Crippen molar-refractivity contribution >= 4 is 77.5 Å². The van der Waals surface area contributed by atoms with Crippen LogP contribution >= 0.6 is 0 Å². The molecule has 2 aliphatic heterocycles. The van der Waals surface area contributed by atoms with Gasteiger partial charge in [-0.05, 0) is 81.9 Å². The van der Waals surface area contributed by atoms with Crippen LogP contribution in [0.3, 0.4) is 0 Å². The zero-order valence-corrected chi connectivity index (χ0v) is 30.7. The molecule has 0 saturated carbocycles. The number of ether oxygens (including phenoxy) is 2. The van der Waals surface area contributed by atoms with Crippen LogP contribution in [0.5, 0.6) is 23.0 Å². The summed E-state index contributed by atoms with van der Waals surface area (Å²) < 4.78 is 19.2. The van der Waals surface area contributed by atoms with Crippen LogP contribution in [-0.2, 0) is 0 Å². The number of para-hydroxylation sites is 4. The molecule has 0 amide bonds. The van der Waals surface area contributed by atoms with Crippen molar-refractivity contribution in [2.45, 2.75) is 0 Å². The van der Waals surface area contributed by atoms with Crippen molar-refractivity contribution in [3.05, 3.63) is 188 Å². The normalized spacial score (nSPS) is 12.8. The molecule has 11 aromatic rings. The van der Waals surface area contributed by atoms with Gasteiger partial charge >= 0.3 is 0 Å². The summed E-state index contributed by atoms with van der Waals surface area (Å²) in [6.45, 7) is -0.135.